The van der Waals surface area contributed by atoms with Gasteiger partial charge in [0, 0.05) is 17.0 Å². The average Bonchev–Trinajstić information content (AvgIpc) is 2.82. The third-order valence-electron chi connectivity index (χ3n) is 5.66. The first kappa shape index (κ1) is 23.9. The minimum absolute atomic E-state index is 0.0000410. The fourth-order valence-electron chi connectivity index (χ4n) is 4.13. The Morgan fingerprint density at radius 3 is 2.18 bits per heavy atom. The normalized spacial score (nSPS) is 15.6. The van der Waals surface area contributed by atoms with Crippen LogP contribution >= 0.6 is 11.8 Å². The lowest BCUT2D eigenvalue weighted by Crippen LogP contribution is -2.40. The summed E-state index contributed by atoms with van der Waals surface area (Å²) in [4.78, 5) is 15.1. The second-order valence-electron chi connectivity index (χ2n) is 7.68. The Kier molecular flexibility index (Phi) is 6.74. The van der Waals surface area contributed by atoms with E-state index in [9.17, 15) is 22.4 Å². The quantitative estimate of drug-likeness (QED) is 0.313. The van der Waals surface area contributed by atoms with Crippen LogP contribution in [0.4, 0.5) is 17.6 Å². The van der Waals surface area contributed by atoms with Crippen molar-refractivity contribution in [1.29, 1.82) is 0 Å². The Balaban J connectivity index is 1.74. The van der Waals surface area contributed by atoms with Crippen LogP contribution in [0, 0.1) is 5.82 Å². The van der Waals surface area contributed by atoms with Gasteiger partial charge in [-0.2, -0.15) is 13.2 Å². The van der Waals surface area contributed by atoms with Gasteiger partial charge in [-0.05, 0) is 83.4 Å². The zero-order chi connectivity index (χ0) is 24.5. The second kappa shape index (κ2) is 9.58. The van der Waals surface area contributed by atoms with Gasteiger partial charge in [0.25, 0.3) is 5.91 Å². The molecule has 4 nitrogen and oxygen atoms in total. The Labute approximate surface area is 198 Å². The standard InChI is InChI=1S/C25H21F4NO3S/c1-32-21-13-17-11-12-30(24(31)16-5-9-19(10-6-16)34-25(27,28)29)23(20(17)14-22(21)33-2)15-3-7-18(26)8-4-15/h3-10,13-14,23H,11-12H2,1-2H3/t23-/m1/s1. The number of methoxy groups -OCH3 is 2. The van der Waals surface area contributed by atoms with Gasteiger partial charge in [0.2, 0.25) is 0 Å². The minimum Gasteiger partial charge on any atom is -0.493 e. The molecule has 1 amide bonds. The number of alkyl halides is 3. The van der Waals surface area contributed by atoms with Gasteiger partial charge < -0.3 is 14.4 Å². The fourth-order valence-corrected chi connectivity index (χ4v) is 4.67. The molecule has 1 aliphatic rings. The van der Waals surface area contributed by atoms with E-state index >= 15 is 0 Å². The van der Waals surface area contributed by atoms with Crippen molar-refractivity contribution in [2.75, 3.05) is 20.8 Å². The van der Waals surface area contributed by atoms with Crippen molar-refractivity contribution >= 4 is 17.7 Å². The number of benzene rings is 3. The molecule has 9 heteroatoms. The lowest BCUT2D eigenvalue weighted by atomic mass is 9.87. The maximum absolute atomic E-state index is 13.6. The molecule has 0 radical (unpaired) electrons. The van der Waals surface area contributed by atoms with E-state index < -0.39 is 17.4 Å². The highest BCUT2D eigenvalue weighted by molar-refractivity contribution is 8.00. The van der Waals surface area contributed by atoms with E-state index in [2.05, 4.69) is 0 Å². The topological polar surface area (TPSA) is 38.8 Å². The highest BCUT2D eigenvalue weighted by Gasteiger charge is 2.34. The molecule has 34 heavy (non-hydrogen) atoms. The average molecular weight is 492 g/mol. The van der Waals surface area contributed by atoms with E-state index in [0.29, 0.717) is 30.0 Å². The van der Waals surface area contributed by atoms with Crippen LogP contribution < -0.4 is 9.47 Å². The second-order valence-corrected chi connectivity index (χ2v) is 8.82. The van der Waals surface area contributed by atoms with Crippen molar-refractivity contribution in [1.82, 2.24) is 4.90 Å². The molecule has 1 atom stereocenters. The molecule has 0 saturated heterocycles. The first-order valence-corrected chi connectivity index (χ1v) is 11.2. The van der Waals surface area contributed by atoms with E-state index in [1.54, 1.807) is 24.1 Å². The molecule has 1 aliphatic heterocycles. The smallest absolute Gasteiger partial charge is 0.446 e. The first-order valence-electron chi connectivity index (χ1n) is 10.4. The zero-order valence-corrected chi connectivity index (χ0v) is 19.2. The summed E-state index contributed by atoms with van der Waals surface area (Å²) >= 11 is -0.232. The van der Waals surface area contributed by atoms with Gasteiger partial charge >= 0.3 is 5.51 Å². The number of amides is 1. The van der Waals surface area contributed by atoms with E-state index in [0.717, 1.165) is 11.1 Å². The van der Waals surface area contributed by atoms with E-state index in [-0.39, 0.29) is 28.1 Å². The van der Waals surface area contributed by atoms with E-state index in [1.807, 2.05) is 12.1 Å². The molecule has 0 N–H and O–H groups in total. The molecule has 3 aromatic carbocycles. The molecule has 0 aliphatic carbocycles. The van der Waals surface area contributed by atoms with Gasteiger partial charge in [0.05, 0.1) is 20.3 Å². The molecule has 4 rings (SSSR count). The van der Waals surface area contributed by atoms with Crippen LogP contribution in [0.3, 0.4) is 0 Å². The molecular weight excluding hydrogens is 470 g/mol. The number of nitrogens with zero attached hydrogens (tertiary/aromatic N) is 1. The van der Waals surface area contributed by atoms with Gasteiger partial charge in [-0.1, -0.05) is 12.1 Å². The third-order valence-corrected chi connectivity index (χ3v) is 6.39. The van der Waals surface area contributed by atoms with E-state index in [1.165, 1.54) is 43.5 Å². The number of thioether (sulfide) groups is 1. The predicted molar refractivity (Wildman–Crippen MR) is 121 cm³/mol. The SMILES string of the molecule is COc1cc2c(cc1OC)[C@@H](c1ccc(F)cc1)N(C(=O)c1ccc(SC(F)(F)F)cc1)CC2. The number of carbonyl (C=O) groups excluding carboxylic acids is 1. The number of ether oxygens (including phenoxy) is 2. The summed E-state index contributed by atoms with van der Waals surface area (Å²) in [7, 11) is 3.06. The predicted octanol–water partition coefficient (Wildman–Crippen LogP) is 6.24. The minimum atomic E-state index is -4.41. The highest BCUT2D eigenvalue weighted by atomic mass is 32.2. The Hall–Kier alpha value is -3.20. The molecule has 0 spiro atoms. The summed E-state index contributed by atoms with van der Waals surface area (Å²) < 4.78 is 62.5. The van der Waals surface area contributed by atoms with Gasteiger partial charge in [-0.25, -0.2) is 4.39 Å². The number of fused-ring (bicyclic) bond motifs is 1. The van der Waals surface area contributed by atoms with Crippen LogP contribution in [0.1, 0.15) is 33.1 Å². The molecule has 0 bridgehead atoms. The molecular formula is C25H21F4NO3S. The molecule has 0 saturated carbocycles. The van der Waals surface area contributed by atoms with Crippen molar-refractivity contribution in [3.8, 4) is 11.5 Å². The number of halogens is 4. The molecule has 0 aromatic heterocycles. The zero-order valence-electron chi connectivity index (χ0n) is 18.4. The van der Waals surface area contributed by atoms with Crippen LogP contribution in [-0.4, -0.2) is 37.1 Å². The van der Waals surface area contributed by atoms with Crippen LogP contribution in [0.25, 0.3) is 0 Å². The van der Waals surface area contributed by atoms with Gasteiger partial charge in [0.1, 0.15) is 5.82 Å². The lowest BCUT2D eigenvalue weighted by Gasteiger charge is -2.38. The maximum atomic E-state index is 13.6. The number of hydrogen-bond donors (Lipinski definition) is 0. The van der Waals surface area contributed by atoms with Crippen molar-refractivity contribution in [3.05, 3.63) is 88.7 Å². The van der Waals surface area contributed by atoms with Gasteiger partial charge in [-0.15, -0.1) is 0 Å². The van der Waals surface area contributed by atoms with Crippen LogP contribution in [-0.2, 0) is 6.42 Å². The number of carbonyl (C=O) groups is 1. The van der Waals surface area contributed by atoms with Crippen LogP contribution in [0.2, 0.25) is 0 Å². The van der Waals surface area contributed by atoms with Crippen LogP contribution in [0.5, 0.6) is 11.5 Å². The van der Waals surface area contributed by atoms with Gasteiger partial charge in [-0.3, -0.25) is 4.79 Å². The van der Waals surface area contributed by atoms with Crippen molar-refractivity contribution < 1.29 is 31.8 Å². The van der Waals surface area contributed by atoms with Crippen molar-refractivity contribution in [2.45, 2.75) is 22.9 Å². The Morgan fingerprint density at radius 1 is 0.971 bits per heavy atom. The summed E-state index contributed by atoms with van der Waals surface area (Å²) in [6.07, 6.45) is 0.543. The third kappa shape index (κ3) is 4.99. The summed E-state index contributed by atoms with van der Waals surface area (Å²) in [5, 5.41) is 0. The lowest BCUT2D eigenvalue weighted by molar-refractivity contribution is -0.0328. The maximum Gasteiger partial charge on any atom is 0.446 e. The fraction of sp³-hybridized carbons (Fsp3) is 0.240. The number of hydrogen-bond acceptors (Lipinski definition) is 4. The first-order chi connectivity index (χ1) is 16.2. The Morgan fingerprint density at radius 2 is 1.59 bits per heavy atom. The van der Waals surface area contributed by atoms with Crippen molar-refractivity contribution in [3.63, 3.8) is 0 Å². The molecule has 0 fully saturated rings. The van der Waals surface area contributed by atoms with E-state index in [4.69, 9.17) is 9.47 Å². The molecule has 1 heterocycles. The summed E-state index contributed by atoms with van der Waals surface area (Å²) in [5.41, 5.74) is -1.66. The van der Waals surface area contributed by atoms with Crippen molar-refractivity contribution in [2.24, 2.45) is 0 Å². The summed E-state index contributed by atoms with van der Waals surface area (Å²) in [6.45, 7) is 0.364. The highest BCUT2D eigenvalue weighted by Crippen LogP contribution is 2.42. The molecule has 178 valence electrons. The Bertz CT molecular complexity index is 1180. The van der Waals surface area contributed by atoms with Crippen LogP contribution in [0.15, 0.2) is 65.6 Å². The monoisotopic (exact) mass is 491 g/mol. The summed E-state index contributed by atoms with van der Waals surface area (Å²) in [6, 6.07) is 14.4. The number of rotatable bonds is 5. The van der Waals surface area contributed by atoms with Gasteiger partial charge in [0.15, 0.2) is 11.5 Å². The molecule has 3 aromatic rings. The largest absolute Gasteiger partial charge is 0.493 e. The summed E-state index contributed by atoms with van der Waals surface area (Å²) in [5.74, 6) is 0.328. The molecule has 0 unspecified atom stereocenters.